The molecule has 0 fully saturated rings. The lowest BCUT2D eigenvalue weighted by Gasteiger charge is -2.29. The molecule has 0 unspecified atom stereocenters. The van der Waals surface area contributed by atoms with Crippen LogP contribution in [0.4, 0.5) is 17.2 Å². The highest BCUT2D eigenvalue weighted by molar-refractivity contribution is 7.89. The van der Waals surface area contributed by atoms with Gasteiger partial charge >= 0.3 is 0 Å². The topological polar surface area (TPSA) is 118 Å². The van der Waals surface area contributed by atoms with Crippen molar-refractivity contribution in [2.45, 2.75) is 17.9 Å². The summed E-state index contributed by atoms with van der Waals surface area (Å²) in [7, 11) is -3.78. The van der Waals surface area contributed by atoms with Crippen molar-refractivity contribution in [1.82, 2.24) is 14.3 Å². The van der Waals surface area contributed by atoms with Crippen molar-refractivity contribution in [2.24, 2.45) is 0 Å². The minimum atomic E-state index is -3.78. The molecule has 2 aromatic carbocycles. The number of rotatable bonds is 5. The number of nitro groups is 1. The molecule has 3 heterocycles. The van der Waals surface area contributed by atoms with Gasteiger partial charge in [0.25, 0.3) is 5.69 Å². The Hall–Kier alpha value is -3.89. The zero-order valence-electron chi connectivity index (χ0n) is 17.4. The number of pyridine rings is 2. The highest BCUT2D eigenvalue weighted by atomic mass is 32.2. The molecule has 33 heavy (non-hydrogen) atoms. The first-order chi connectivity index (χ1) is 15.9. The number of nitro benzene ring substituents is 1. The Bertz CT molecular complexity index is 1470. The molecule has 0 aliphatic carbocycles. The van der Waals surface area contributed by atoms with Crippen LogP contribution in [-0.4, -0.2) is 34.2 Å². The fourth-order valence-corrected chi connectivity index (χ4v) is 5.36. The number of hydrogen-bond donors (Lipinski definition) is 1. The Morgan fingerprint density at radius 1 is 1.03 bits per heavy atom. The smallest absolute Gasteiger partial charge is 0.269 e. The van der Waals surface area contributed by atoms with Gasteiger partial charge in [-0.1, -0.05) is 18.2 Å². The van der Waals surface area contributed by atoms with Crippen LogP contribution in [0.2, 0.25) is 0 Å². The van der Waals surface area contributed by atoms with Gasteiger partial charge in [0.15, 0.2) is 0 Å². The van der Waals surface area contributed by atoms with Gasteiger partial charge < -0.3 is 5.32 Å². The third-order valence-electron chi connectivity index (χ3n) is 5.65. The summed E-state index contributed by atoms with van der Waals surface area (Å²) in [5.74, 6) is 0.678. The maximum atomic E-state index is 13.1. The molecule has 1 aliphatic rings. The average Bonchev–Trinajstić information content (AvgIpc) is 2.84. The molecular formula is C23H19N5O4S. The minimum Gasteiger partial charge on any atom is -0.339 e. The Balaban J connectivity index is 1.39. The van der Waals surface area contributed by atoms with E-state index in [0.29, 0.717) is 12.2 Å². The molecule has 0 spiro atoms. The van der Waals surface area contributed by atoms with E-state index in [4.69, 9.17) is 0 Å². The number of nitrogens with one attached hydrogen (secondary N) is 1. The molecule has 166 valence electrons. The van der Waals surface area contributed by atoms with Gasteiger partial charge in [-0.3, -0.25) is 15.1 Å². The number of fused-ring (bicyclic) bond motifs is 2. The van der Waals surface area contributed by atoms with Crippen molar-refractivity contribution in [3.05, 3.63) is 94.3 Å². The highest BCUT2D eigenvalue weighted by Gasteiger charge is 2.30. The van der Waals surface area contributed by atoms with Crippen LogP contribution >= 0.6 is 0 Å². The second kappa shape index (κ2) is 8.23. The lowest BCUT2D eigenvalue weighted by atomic mass is 10.0. The number of sulfonamides is 1. The van der Waals surface area contributed by atoms with Gasteiger partial charge in [0, 0.05) is 42.4 Å². The third-order valence-corrected chi connectivity index (χ3v) is 7.51. The van der Waals surface area contributed by atoms with E-state index in [1.54, 1.807) is 12.4 Å². The predicted molar refractivity (Wildman–Crippen MR) is 124 cm³/mol. The SMILES string of the molecule is O=[N+]([O-])c1ccc(S(=O)(=O)N2CCc3c(ccnc3Nc3cnc4ccccc4c3)C2)cc1. The molecule has 0 atom stereocenters. The standard InChI is InChI=1S/C23H19N5O4S/c29-28(30)19-5-7-20(8-6-19)33(31,32)27-12-10-21-17(15-27)9-11-24-23(21)26-18-13-16-3-1-2-4-22(16)25-14-18/h1-9,11,13-14H,10,12,15H2,(H,24,26). The van der Waals surface area contributed by atoms with Crippen molar-refractivity contribution in [3.8, 4) is 0 Å². The van der Waals surface area contributed by atoms with Gasteiger partial charge in [0.1, 0.15) is 5.82 Å². The van der Waals surface area contributed by atoms with E-state index in [2.05, 4.69) is 15.3 Å². The Morgan fingerprint density at radius 2 is 1.82 bits per heavy atom. The van der Waals surface area contributed by atoms with E-state index in [1.807, 2.05) is 36.4 Å². The summed E-state index contributed by atoms with van der Waals surface area (Å²) in [6, 6.07) is 16.6. The van der Waals surface area contributed by atoms with Gasteiger partial charge in [-0.25, -0.2) is 13.4 Å². The second-order valence-corrected chi connectivity index (χ2v) is 9.62. The number of non-ortho nitro benzene ring substituents is 1. The third kappa shape index (κ3) is 4.01. The van der Waals surface area contributed by atoms with Crippen LogP contribution in [0.1, 0.15) is 11.1 Å². The van der Waals surface area contributed by atoms with Crippen molar-refractivity contribution < 1.29 is 13.3 Å². The summed E-state index contributed by atoms with van der Waals surface area (Å²) in [6.07, 6.45) is 3.88. The van der Waals surface area contributed by atoms with Crippen LogP contribution in [0, 0.1) is 10.1 Å². The Morgan fingerprint density at radius 3 is 2.61 bits per heavy atom. The van der Waals surface area contributed by atoms with E-state index >= 15 is 0 Å². The molecule has 0 radical (unpaired) electrons. The number of benzene rings is 2. The summed E-state index contributed by atoms with van der Waals surface area (Å²) >= 11 is 0. The van der Waals surface area contributed by atoms with Gasteiger partial charge in [-0.2, -0.15) is 4.31 Å². The number of hydrogen-bond acceptors (Lipinski definition) is 7. The maximum absolute atomic E-state index is 13.1. The van der Waals surface area contributed by atoms with Crippen LogP contribution in [0.3, 0.4) is 0 Å². The fourth-order valence-electron chi connectivity index (χ4n) is 3.94. The predicted octanol–water partition coefficient (Wildman–Crippen LogP) is 4.03. The summed E-state index contributed by atoms with van der Waals surface area (Å²) < 4.78 is 27.6. The number of para-hydroxylation sites is 1. The molecule has 2 aromatic heterocycles. The summed E-state index contributed by atoms with van der Waals surface area (Å²) in [6.45, 7) is 0.477. The van der Waals surface area contributed by atoms with E-state index < -0.39 is 14.9 Å². The highest BCUT2D eigenvalue weighted by Crippen LogP contribution is 2.30. The molecule has 0 saturated carbocycles. The second-order valence-electron chi connectivity index (χ2n) is 7.68. The molecule has 0 amide bonds. The van der Waals surface area contributed by atoms with E-state index in [1.165, 1.54) is 28.6 Å². The Kier molecular flexibility index (Phi) is 5.23. The first-order valence-corrected chi connectivity index (χ1v) is 11.7. The van der Waals surface area contributed by atoms with Crippen molar-refractivity contribution in [1.29, 1.82) is 0 Å². The van der Waals surface area contributed by atoms with Crippen LogP contribution < -0.4 is 5.32 Å². The maximum Gasteiger partial charge on any atom is 0.269 e. The lowest BCUT2D eigenvalue weighted by Crippen LogP contribution is -2.36. The molecule has 4 aromatic rings. The van der Waals surface area contributed by atoms with Gasteiger partial charge in [-0.15, -0.1) is 0 Å². The van der Waals surface area contributed by atoms with Gasteiger partial charge in [0.05, 0.1) is 27.2 Å². The largest absolute Gasteiger partial charge is 0.339 e. The van der Waals surface area contributed by atoms with E-state index in [-0.39, 0.29) is 23.7 Å². The number of nitrogens with zero attached hydrogens (tertiary/aromatic N) is 4. The molecular weight excluding hydrogens is 442 g/mol. The van der Waals surface area contributed by atoms with Crippen LogP contribution in [0.15, 0.2) is 78.0 Å². The zero-order chi connectivity index (χ0) is 23.0. The summed E-state index contributed by atoms with van der Waals surface area (Å²) in [4.78, 5) is 19.3. The number of aromatic nitrogens is 2. The lowest BCUT2D eigenvalue weighted by molar-refractivity contribution is -0.384. The van der Waals surface area contributed by atoms with Gasteiger partial charge in [-0.05, 0) is 42.3 Å². The van der Waals surface area contributed by atoms with Crippen LogP contribution in [0.5, 0.6) is 0 Å². The first-order valence-electron chi connectivity index (χ1n) is 10.2. The number of anilines is 2. The normalized spacial score (nSPS) is 14.1. The van der Waals surface area contributed by atoms with E-state index in [0.717, 1.165) is 27.7 Å². The van der Waals surface area contributed by atoms with Crippen molar-refractivity contribution in [3.63, 3.8) is 0 Å². The zero-order valence-corrected chi connectivity index (χ0v) is 18.2. The molecule has 5 rings (SSSR count). The van der Waals surface area contributed by atoms with E-state index in [9.17, 15) is 18.5 Å². The van der Waals surface area contributed by atoms with Gasteiger partial charge in [0.2, 0.25) is 10.0 Å². The van der Waals surface area contributed by atoms with Crippen molar-refractivity contribution in [2.75, 3.05) is 11.9 Å². The Labute approximate surface area is 189 Å². The molecule has 1 N–H and O–H groups in total. The van der Waals surface area contributed by atoms with Crippen LogP contribution in [-0.2, 0) is 23.0 Å². The molecule has 10 heteroatoms. The minimum absolute atomic E-state index is 0.0335. The quantitative estimate of drug-likeness (QED) is 0.352. The fraction of sp³-hybridized carbons (Fsp3) is 0.130. The monoisotopic (exact) mass is 461 g/mol. The molecule has 0 bridgehead atoms. The average molecular weight is 462 g/mol. The van der Waals surface area contributed by atoms with Crippen molar-refractivity contribution >= 4 is 38.1 Å². The molecule has 1 aliphatic heterocycles. The molecule has 0 saturated heterocycles. The summed E-state index contributed by atoms with van der Waals surface area (Å²) in [5.41, 5.74) is 3.37. The summed E-state index contributed by atoms with van der Waals surface area (Å²) in [5, 5.41) is 15.2. The van der Waals surface area contributed by atoms with Crippen LogP contribution in [0.25, 0.3) is 10.9 Å². The molecule has 9 nitrogen and oxygen atoms in total. The first kappa shape index (κ1) is 21.0.